The highest BCUT2D eigenvalue weighted by Crippen LogP contribution is 2.27. The van der Waals surface area contributed by atoms with E-state index in [2.05, 4.69) is 55.9 Å². The quantitative estimate of drug-likeness (QED) is 0.726. The van der Waals surface area contributed by atoms with Gasteiger partial charge in [-0.15, -0.1) is 0 Å². The van der Waals surface area contributed by atoms with E-state index in [1.807, 2.05) is 0 Å². The lowest BCUT2D eigenvalue weighted by atomic mass is 9.82. The zero-order valence-electron chi connectivity index (χ0n) is 14.3. The van der Waals surface area contributed by atoms with Gasteiger partial charge in [0.05, 0.1) is 0 Å². The van der Waals surface area contributed by atoms with Gasteiger partial charge >= 0.3 is 0 Å². The molecule has 0 aliphatic rings. The summed E-state index contributed by atoms with van der Waals surface area (Å²) in [7, 11) is 0. The van der Waals surface area contributed by atoms with Crippen LogP contribution in [0.1, 0.15) is 41.0 Å². The first-order valence-electron chi connectivity index (χ1n) is 7.60. The standard InChI is InChI=1S/C17H26BrF2NO2/c1-16(2,3)10-17(4,5)21-8-12(22)9-23-15-13(19)6-11(18)7-14(15)20/h6-7,12,21-22H,8-10H2,1-5H3. The molecule has 1 aromatic rings. The molecule has 1 unspecified atom stereocenters. The molecule has 0 aromatic heterocycles. The van der Waals surface area contributed by atoms with E-state index >= 15 is 0 Å². The van der Waals surface area contributed by atoms with Crippen LogP contribution >= 0.6 is 15.9 Å². The molecule has 0 saturated heterocycles. The number of aliphatic hydroxyl groups excluding tert-OH is 1. The van der Waals surface area contributed by atoms with Crippen molar-refractivity contribution >= 4 is 15.9 Å². The van der Waals surface area contributed by atoms with Gasteiger partial charge in [-0.1, -0.05) is 36.7 Å². The van der Waals surface area contributed by atoms with Crippen LogP contribution in [-0.4, -0.2) is 29.9 Å². The summed E-state index contributed by atoms with van der Waals surface area (Å²) in [5, 5.41) is 13.2. The summed E-state index contributed by atoms with van der Waals surface area (Å²) in [6, 6.07) is 2.24. The highest BCUT2D eigenvalue weighted by molar-refractivity contribution is 9.10. The van der Waals surface area contributed by atoms with E-state index in [0.717, 1.165) is 18.6 Å². The molecule has 0 fully saturated rings. The van der Waals surface area contributed by atoms with Crippen LogP contribution in [0.3, 0.4) is 0 Å². The van der Waals surface area contributed by atoms with Crippen LogP contribution in [0.4, 0.5) is 8.78 Å². The van der Waals surface area contributed by atoms with Gasteiger partial charge in [-0.2, -0.15) is 0 Å². The molecule has 132 valence electrons. The topological polar surface area (TPSA) is 41.5 Å². The Labute approximate surface area is 145 Å². The number of rotatable bonds is 7. The molecule has 23 heavy (non-hydrogen) atoms. The van der Waals surface area contributed by atoms with Crippen molar-refractivity contribution in [3.8, 4) is 5.75 Å². The number of β-amino-alcohol motifs (C(OH)–C–C–N with tert-alkyl or cyclic N) is 1. The average Bonchev–Trinajstić information content (AvgIpc) is 2.32. The molecule has 1 aromatic carbocycles. The fourth-order valence-corrected chi connectivity index (χ4v) is 3.09. The van der Waals surface area contributed by atoms with E-state index in [1.165, 1.54) is 0 Å². The lowest BCUT2D eigenvalue weighted by Gasteiger charge is -2.34. The second-order valence-corrected chi connectivity index (χ2v) is 8.58. The van der Waals surface area contributed by atoms with Gasteiger partial charge in [-0.05, 0) is 37.8 Å². The zero-order valence-corrected chi connectivity index (χ0v) is 15.9. The molecular formula is C17H26BrF2NO2. The minimum Gasteiger partial charge on any atom is -0.485 e. The van der Waals surface area contributed by atoms with Gasteiger partial charge in [0.1, 0.15) is 12.7 Å². The van der Waals surface area contributed by atoms with Crippen LogP contribution in [0, 0.1) is 17.0 Å². The highest BCUT2D eigenvalue weighted by Gasteiger charge is 2.25. The molecule has 1 rings (SSSR count). The van der Waals surface area contributed by atoms with Crippen molar-refractivity contribution < 1.29 is 18.6 Å². The van der Waals surface area contributed by atoms with Crippen LogP contribution in [0.5, 0.6) is 5.75 Å². The summed E-state index contributed by atoms with van der Waals surface area (Å²) in [5.74, 6) is -2.07. The molecule has 1 atom stereocenters. The molecule has 2 N–H and O–H groups in total. The molecule has 3 nitrogen and oxygen atoms in total. The maximum Gasteiger partial charge on any atom is 0.190 e. The van der Waals surface area contributed by atoms with Gasteiger partial charge < -0.3 is 15.2 Å². The molecule has 0 bridgehead atoms. The Bertz CT molecular complexity index is 507. The van der Waals surface area contributed by atoms with Crippen LogP contribution in [0.15, 0.2) is 16.6 Å². The van der Waals surface area contributed by atoms with Crippen molar-refractivity contribution in [2.45, 2.75) is 52.7 Å². The van der Waals surface area contributed by atoms with Crippen molar-refractivity contribution in [2.24, 2.45) is 5.41 Å². The number of aliphatic hydroxyl groups is 1. The predicted molar refractivity (Wildman–Crippen MR) is 91.7 cm³/mol. The van der Waals surface area contributed by atoms with Crippen molar-refractivity contribution in [2.75, 3.05) is 13.2 Å². The van der Waals surface area contributed by atoms with E-state index < -0.39 is 23.5 Å². The van der Waals surface area contributed by atoms with Gasteiger partial charge in [0.25, 0.3) is 0 Å². The normalized spacial score (nSPS) is 14.0. The van der Waals surface area contributed by atoms with Crippen LogP contribution in [-0.2, 0) is 0 Å². The first-order chi connectivity index (χ1) is 10.4. The summed E-state index contributed by atoms with van der Waals surface area (Å²) in [6.07, 6.45) is 0.0560. The van der Waals surface area contributed by atoms with Gasteiger partial charge in [-0.25, -0.2) is 8.78 Å². The summed E-state index contributed by atoms with van der Waals surface area (Å²) < 4.78 is 32.6. The van der Waals surface area contributed by atoms with E-state index in [1.54, 1.807) is 0 Å². The fraction of sp³-hybridized carbons (Fsp3) is 0.647. The average molecular weight is 394 g/mol. The maximum atomic E-state index is 13.6. The largest absolute Gasteiger partial charge is 0.485 e. The first kappa shape index (κ1) is 20.3. The third-order valence-electron chi connectivity index (χ3n) is 3.17. The highest BCUT2D eigenvalue weighted by atomic mass is 79.9. The first-order valence-corrected chi connectivity index (χ1v) is 8.39. The number of nitrogens with one attached hydrogen (secondary N) is 1. The number of ether oxygens (including phenoxy) is 1. The Morgan fingerprint density at radius 1 is 1.17 bits per heavy atom. The summed E-state index contributed by atoms with van der Waals surface area (Å²) in [6.45, 7) is 10.6. The Morgan fingerprint density at radius 3 is 2.17 bits per heavy atom. The minimum absolute atomic E-state index is 0.154. The predicted octanol–water partition coefficient (Wildman–Crippen LogP) is 4.27. The number of hydrogen-bond donors (Lipinski definition) is 2. The molecule has 0 radical (unpaired) electrons. The molecule has 0 aliphatic heterocycles. The lowest BCUT2D eigenvalue weighted by molar-refractivity contribution is 0.0904. The summed E-state index contributed by atoms with van der Waals surface area (Å²) in [5.41, 5.74) is -0.00498. The van der Waals surface area contributed by atoms with E-state index in [0.29, 0.717) is 4.47 Å². The third kappa shape index (κ3) is 7.59. The van der Waals surface area contributed by atoms with E-state index in [-0.39, 0.29) is 24.1 Å². The van der Waals surface area contributed by atoms with Crippen molar-refractivity contribution in [3.63, 3.8) is 0 Å². The van der Waals surface area contributed by atoms with Gasteiger partial charge in [-0.3, -0.25) is 0 Å². The summed E-state index contributed by atoms with van der Waals surface area (Å²) >= 11 is 3.00. The fourth-order valence-electron chi connectivity index (χ4n) is 2.69. The Hall–Kier alpha value is -0.720. The Kier molecular flexibility index (Phi) is 6.98. The number of benzene rings is 1. The van der Waals surface area contributed by atoms with Crippen molar-refractivity contribution in [1.29, 1.82) is 0 Å². The van der Waals surface area contributed by atoms with Gasteiger partial charge in [0.15, 0.2) is 17.4 Å². The van der Waals surface area contributed by atoms with Gasteiger partial charge in [0.2, 0.25) is 0 Å². The molecule has 6 heteroatoms. The monoisotopic (exact) mass is 393 g/mol. The second kappa shape index (κ2) is 7.90. The molecule has 0 heterocycles. The molecular weight excluding hydrogens is 368 g/mol. The molecule has 0 amide bonds. The number of halogens is 3. The van der Waals surface area contributed by atoms with Gasteiger partial charge in [0, 0.05) is 16.6 Å². The zero-order chi connectivity index (χ0) is 17.8. The summed E-state index contributed by atoms with van der Waals surface area (Å²) in [4.78, 5) is 0. The molecule has 0 spiro atoms. The SMILES string of the molecule is CC(C)(C)CC(C)(C)NCC(O)COc1c(F)cc(Br)cc1F. The molecule has 0 aliphatic carbocycles. The van der Waals surface area contributed by atoms with E-state index in [4.69, 9.17) is 4.74 Å². The van der Waals surface area contributed by atoms with Crippen LogP contribution in [0.2, 0.25) is 0 Å². The Morgan fingerprint density at radius 2 is 1.70 bits per heavy atom. The molecule has 0 saturated carbocycles. The Balaban J connectivity index is 2.51. The van der Waals surface area contributed by atoms with Crippen molar-refractivity contribution in [1.82, 2.24) is 5.32 Å². The minimum atomic E-state index is -0.864. The second-order valence-electron chi connectivity index (χ2n) is 7.67. The maximum absolute atomic E-state index is 13.6. The van der Waals surface area contributed by atoms with Crippen molar-refractivity contribution in [3.05, 3.63) is 28.2 Å². The van der Waals surface area contributed by atoms with E-state index in [9.17, 15) is 13.9 Å². The van der Waals surface area contributed by atoms with Crippen LogP contribution in [0.25, 0.3) is 0 Å². The number of hydrogen-bond acceptors (Lipinski definition) is 3. The smallest absolute Gasteiger partial charge is 0.190 e. The lowest BCUT2D eigenvalue weighted by Crippen LogP contribution is -2.46. The third-order valence-corrected chi connectivity index (χ3v) is 3.63. The van der Waals surface area contributed by atoms with Crippen LogP contribution < -0.4 is 10.1 Å².